The van der Waals surface area contributed by atoms with Crippen molar-refractivity contribution in [3.05, 3.63) is 36.0 Å². The van der Waals surface area contributed by atoms with Crippen molar-refractivity contribution in [3.8, 4) is 5.88 Å². The number of aromatic nitrogens is 4. The molecule has 2 aromatic heterocycles. The van der Waals surface area contributed by atoms with Crippen molar-refractivity contribution in [3.63, 3.8) is 0 Å². The van der Waals surface area contributed by atoms with E-state index in [4.69, 9.17) is 4.74 Å². The summed E-state index contributed by atoms with van der Waals surface area (Å²) in [6, 6.07) is 4.49. The highest BCUT2D eigenvalue weighted by atomic mass is 16.5. The van der Waals surface area contributed by atoms with Crippen LogP contribution in [0.5, 0.6) is 5.88 Å². The SMILES string of the molecule is Cc1cccnc1OC1CCN(CC2CCc3ncnn32)CC1. The van der Waals surface area contributed by atoms with Crippen molar-refractivity contribution < 1.29 is 4.74 Å². The van der Waals surface area contributed by atoms with E-state index in [9.17, 15) is 0 Å². The van der Waals surface area contributed by atoms with E-state index >= 15 is 0 Å². The Labute approximate surface area is 136 Å². The number of pyridine rings is 1. The van der Waals surface area contributed by atoms with Gasteiger partial charge in [0.15, 0.2) is 0 Å². The third-order valence-corrected chi connectivity index (χ3v) is 4.94. The van der Waals surface area contributed by atoms with Crippen molar-refractivity contribution in [2.24, 2.45) is 0 Å². The zero-order chi connectivity index (χ0) is 15.6. The second-order valence-corrected chi connectivity index (χ2v) is 6.56. The number of hydrogen-bond acceptors (Lipinski definition) is 5. The Bertz CT molecular complexity index is 663. The van der Waals surface area contributed by atoms with Crippen molar-refractivity contribution in [1.82, 2.24) is 24.6 Å². The van der Waals surface area contributed by atoms with E-state index in [2.05, 4.69) is 24.6 Å². The summed E-state index contributed by atoms with van der Waals surface area (Å²) in [5.41, 5.74) is 1.11. The van der Waals surface area contributed by atoms with Gasteiger partial charge in [-0.15, -0.1) is 0 Å². The van der Waals surface area contributed by atoms with Crippen molar-refractivity contribution in [2.45, 2.75) is 44.8 Å². The minimum Gasteiger partial charge on any atom is -0.474 e. The number of ether oxygens (including phenoxy) is 1. The summed E-state index contributed by atoms with van der Waals surface area (Å²) in [6.07, 6.45) is 8.11. The first-order valence-corrected chi connectivity index (χ1v) is 8.48. The first-order chi connectivity index (χ1) is 11.3. The maximum atomic E-state index is 6.08. The van der Waals surface area contributed by atoms with E-state index in [1.807, 2.05) is 19.1 Å². The fourth-order valence-electron chi connectivity index (χ4n) is 3.60. The second-order valence-electron chi connectivity index (χ2n) is 6.56. The zero-order valence-electron chi connectivity index (χ0n) is 13.6. The molecule has 4 heterocycles. The molecule has 4 rings (SSSR count). The molecule has 0 aliphatic carbocycles. The average Bonchev–Trinajstić information content (AvgIpc) is 3.17. The van der Waals surface area contributed by atoms with Gasteiger partial charge in [-0.25, -0.2) is 14.6 Å². The molecule has 0 amide bonds. The van der Waals surface area contributed by atoms with Crippen LogP contribution in [0.2, 0.25) is 0 Å². The van der Waals surface area contributed by atoms with Crippen molar-refractivity contribution >= 4 is 0 Å². The molecule has 0 saturated carbocycles. The van der Waals surface area contributed by atoms with Crippen LogP contribution in [0.1, 0.15) is 36.7 Å². The van der Waals surface area contributed by atoms with Gasteiger partial charge in [0.2, 0.25) is 5.88 Å². The topological polar surface area (TPSA) is 56.1 Å². The van der Waals surface area contributed by atoms with Crippen LogP contribution in [-0.2, 0) is 6.42 Å². The summed E-state index contributed by atoms with van der Waals surface area (Å²) in [6.45, 7) is 5.28. The minimum absolute atomic E-state index is 0.283. The Morgan fingerprint density at radius 3 is 2.91 bits per heavy atom. The van der Waals surface area contributed by atoms with Gasteiger partial charge in [0.1, 0.15) is 18.3 Å². The minimum atomic E-state index is 0.283. The fourth-order valence-corrected chi connectivity index (χ4v) is 3.60. The Kier molecular flexibility index (Phi) is 3.99. The summed E-state index contributed by atoms with van der Waals surface area (Å²) in [4.78, 5) is 11.2. The Hall–Kier alpha value is -1.95. The van der Waals surface area contributed by atoms with Gasteiger partial charge in [-0.05, 0) is 32.3 Å². The number of fused-ring (bicyclic) bond motifs is 1. The van der Waals surface area contributed by atoms with Crippen LogP contribution in [0.25, 0.3) is 0 Å². The molecule has 6 nitrogen and oxygen atoms in total. The van der Waals surface area contributed by atoms with Crippen LogP contribution in [0.3, 0.4) is 0 Å². The molecule has 2 aliphatic rings. The Balaban J connectivity index is 1.29. The van der Waals surface area contributed by atoms with E-state index in [1.54, 1.807) is 12.5 Å². The molecule has 0 spiro atoms. The molecule has 0 bridgehead atoms. The molecule has 0 aromatic carbocycles. The van der Waals surface area contributed by atoms with Crippen LogP contribution in [-0.4, -0.2) is 50.4 Å². The molecule has 1 unspecified atom stereocenters. The van der Waals surface area contributed by atoms with Crippen molar-refractivity contribution in [1.29, 1.82) is 0 Å². The van der Waals surface area contributed by atoms with E-state index < -0.39 is 0 Å². The maximum absolute atomic E-state index is 6.08. The maximum Gasteiger partial charge on any atom is 0.216 e. The molecule has 23 heavy (non-hydrogen) atoms. The van der Waals surface area contributed by atoms with Crippen molar-refractivity contribution in [2.75, 3.05) is 19.6 Å². The number of rotatable bonds is 4. The molecule has 1 saturated heterocycles. The van der Waals surface area contributed by atoms with Crippen LogP contribution in [0.4, 0.5) is 0 Å². The second kappa shape index (κ2) is 6.28. The molecule has 1 atom stereocenters. The van der Waals surface area contributed by atoms with Gasteiger partial charge in [-0.2, -0.15) is 5.10 Å². The van der Waals surface area contributed by atoms with E-state index in [0.29, 0.717) is 6.04 Å². The number of likely N-dealkylation sites (tertiary alicyclic amines) is 1. The van der Waals surface area contributed by atoms with Gasteiger partial charge in [-0.3, -0.25) is 0 Å². The van der Waals surface area contributed by atoms with Gasteiger partial charge in [0.05, 0.1) is 6.04 Å². The molecule has 2 aliphatic heterocycles. The first kappa shape index (κ1) is 14.6. The Morgan fingerprint density at radius 1 is 1.22 bits per heavy atom. The molecule has 6 heteroatoms. The van der Waals surface area contributed by atoms with Crippen LogP contribution < -0.4 is 4.74 Å². The highest BCUT2D eigenvalue weighted by Crippen LogP contribution is 2.26. The van der Waals surface area contributed by atoms with Gasteiger partial charge >= 0.3 is 0 Å². The van der Waals surface area contributed by atoms with E-state index in [0.717, 1.165) is 56.2 Å². The highest BCUT2D eigenvalue weighted by Gasteiger charge is 2.28. The lowest BCUT2D eigenvalue weighted by atomic mass is 10.1. The Morgan fingerprint density at radius 2 is 2.09 bits per heavy atom. The van der Waals surface area contributed by atoms with Crippen LogP contribution >= 0.6 is 0 Å². The predicted molar refractivity (Wildman–Crippen MR) is 86.4 cm³/mol. The molecule has 122 valence electrons. The molecule has 2 aromatic rings. The molecular formula is C17H23N5O. The predicted octanol–water partition coefficient (Wildman–Crippen LogP) is 2.01. The highest BCUT2D eigenvalue weighted by molar-refractivity contribution is 5.23. The normalized spacial score (nSPS) is 22.2. The van der Waals surface area contributed by atoms with Gasteiger partial charge in [-0.1, -0.05) is 6.07 Å². The molecule has 1 fully saturated rings. The lowest BCUT2D eigenvalue weighted by molar-refractivity contribution is 0.0878. The summed E-state index contributed by atoms with van der Waals surface area (Å²) in [5, 5.41) is 4.37. The number of aryl methyl sites for hydroxylation is 2. The van der Waals surface area contributed by atoms with Gasteiger partial charge in [0.25, 0.3) is 0 Å². The van der Waals surface area contributed by atoms with E-state index in [1.165, 1.54) is 6.42 Å². The average molecular weight is 313 g/mol. The monoisotopic (exact) mass is 313 g/mol. The quantitative estimate of drug-likeness (QED) is 0.864. The van der Waals surface area contributed by atoms with E-state index in [-0.39, 0.29) is 6.10 Å². The molecule has 0 N–H and O–H groups in total. The standard InChI is InChI=1S/C17H23N5O/c1-13-3-2-8-18-17(13)23-15-6-9-21(10-7-15)11-14-4-5-16-19-12-20-22(14)16/h2-3,8,12,14-15H,4-7,9-11H2,1H3. The zero-order valence-corrected chi connectivity index (χ0v) is 13.6. The third-order valence-electron chi connectivity index (χ3n) is 4.94. The fraction of sp³-hybridized carbons (Fsp3) is 0.588. The lowest BCUT2D eigenvalue weighted by Crippen LogP contribution is -2.40. The molecular weight excluding hydrogens is 290 g/mol. The van der Waals surface area contributed by atoms with Gasteiger partial charge in [0, 0.05) is 37.8 Å². The lowest BCUT2D eigenvalue weighted by Gasteiger charge is -2.33. The van der Waals surface area contributed by atoms with Crippen LogP contribution in [0, 0.1) is 6.92 Å². The number of piperidine rings is 1. The third kappa shape index (κ3) is 3.08. The summed E-state index contributed by atoms with van der Waals surface area (Å²) in [5.74, 6) is 1.92. The first-order valence-electron chi connectivity index (χ1n) is 8.48. The van der Waals surface area contributed by atoms with Gasteiger partial charge < -0.3 is 9.64 Å². The molecule has 0 radical (unpaired) electrons. The summed E-state index contributed by atoms with van der Waals surface area (Å²) < 4.78 is 8.19. The summed E-state index contributed by atoms with van der Waals surface area (Å²) in [7, 11) is 0. The number of nitrogens with zero attached hydrogens (tertiary/aromatic N) is 5. The largest absolute Gasteiger partial charge is 0.474 e. The smallest absolute Gasteiger partial charge is 0.216 e. The number of hydrogen-bond donors (Lipinski definition) is 0. The van der Waals surface area contributed by atoms with Crippen LogP contribution in [0.15, 0.2) is 24.7 Å². The summed E-state index contributed by atoms with van der Waals surface area (Å²) >= 11 is 0.